The number of hydrogen-bond donors (Lipinski definition) is 0. The van der Waals surface area contributed by atoms with Crippen molar-refractivity contribution < 1.29 is 0 Å². The van der Waals surface area contributed by atoms with E-state index in [1.165, 1.54) is 0 Å². The summed E-state index contributed by atoms with van der Waals surface area (Å²) < 4.78 is 0. The molecule has 16 heavy (non-hydrogen) atoms. The van der Waals surface area contributed by atoms with E-state index in [-0.39, 0.29) is 0 Å². The molecular weight excluding hydrogens is 353 g/mol. The molecule has 0 atom stereocenters. The molecule has 0 unspecified atom stereocenters. The third-order valence-electron chi connectivity index (χ3n) is 0.667. The highest BCUT2D eigenvalue weighted by Crippen LogP contribution is 2.10. The fourth-order valence-electron chi connectivity index (χ4n) is 0. The van der Waals surface area contributed by atoms with E-state index in [1.54, 1.807) is 86.4 Å². The van der Waals surface area contributed by atoms with Gasteiger partial charge in [-0.2, -0.15) is 0 Å². The monoisotopic (exact) mass is 376 g/mol. The summed E-state index contributed by atoms with van der Waals surface area (Å²) >= 11 is 0. The van der Waals surface area contributed by atoms with Crippen LogP contribution in [0.4, 0.5) is 0 Å². The Morgan fingerprint density at radius 2 is 0.312 bits per heavy atom. The van der Waals surface area contributed by atoms with Crippen LogP contribution in [0.25, 0.3) is 0 Å². The Bertz CT molecular complexity index is 40.0. The Kier molecular flexibility index (Phi) is 73.2. The molecule has 0 amide bonds. The van der Waals surface area contributed by atoms with E-state index in [0.717, 1.165) is 0 Å². The second-order valence-electron chi connectivity index (χ2n) is 1.33. The summed E-state index contributed by atoms with van der Waals surface area (Å²) in [5.74, 6) is 0. The van der Waals surface area contributed by atoms with Crippen molar-refractivity contribution in [1.82, 2.24) is 0 Å². The first-order valence-electron chi connectivity index (χ1n) is 3.93. The lowest BCUT2D eigenvalue weighted by Crippen LogP contribution is -1.28. The summed E-state index contributed by atoms with van der Waals surface area (Å²) in [6.07, 6.45) is 16.5. The summed E-state index contributed by atoms with van der Waals surface area (Å²) in [4.78, 5) is 0. The maximum atomic E-state index is 2.06. The first kappa shape index (κ1) is 27.2. The predicted molar refractivity (Wildman–Crippen MR) is 108 cm³/mol. The molecule has 0 rings (SSSR count). The van der Waals surface area contributed by atoms with Gasteiger partial charge in [-0.25, -0.2) is 0 Å². The minimum absolute atomic E-state index is 1.77. The SMILES string of the molecule is CSSC.CSSC.CSSC.CSSC. The fraction of sp³-hybridized carbons (Fsp3) is 1.00. The number of rotatable bonds is 4. The van der Waals surface area contributed by atoms with Gasteiger partial charge in [0, 0.05) is 0 Å². The van der Waals surface area contributed by atoms with Crippen LogP contribution in [-0.2, 0) is 0 Å². The lowest BCUT2D eigenvalue weighted by atomic mass is 12.0. The average Bonchev–Trinajstić information content (AvgIpc) is 2.39. The molecule has 0 N–H and O–H groups in total. The maximum absolute atomic E-state index is 2.06. The molecule has 0 aliphatic carbocycles. The van der Waals surface area contributed by atoms with E-state index in [9.17, 15) is 0 Å². The van der Waals surface area contributed by atoms with Gasteiger partial charge in [-0.05, 0) is 50.0 Å². The topological polar surface area (TPSA) is 0 Å². The van der Waals surface area contributed by atoms with Gasteiger partial charge in [-0.1, -0.05) is 86.4 Å². The Morgan fingerprint density at radius 1 is 0.250 bits per heavy atom. The van der Waals surface area contributed by atoms with Crippen LogP contribution in [0, 0.1) is 0 Å². The molecule has 0 saturated carbocycles. The van der Waals surface area contributed by atoms with Crippen molar-refractivity contribution in [3.05, 3.63) is 0 Å². The van der Waals surface area contributed by atoms with Crippen LogP contribution in [0.1, 0.15) is 0 Å². The predicted octanol–water partition coefficient (Wildman–Crippen LogP) is 6.51. The summed E-state index contributed by atoms with van der Waals surface area (Å²) in [5, 5.41) is 0. The lowest BCUT2D eigenvalue weighted by molar-refractivity contribution is 2.51. The highest BCUT2D eigenvalue weighted by molar-refractivity contribution is 8.77. The summed E-state index contributed by atoms with van der Waals surface area (Å²) in [6, 6.07) is 0. The van der Waals surface area contributed by atoms with Gasteiger partial charge >= 0.3 is 0 Å². The van der Waals surface area contributed by atoms with Crippen LogP contribution >= 0.6 is 86.4 Å². The Hall–Kier alpha value is 2.80. The normalized spacial score (nSPS) is 7.50. The maximum Gasteiger partial charge on any atom is -0.00793 e. The highest BCUT2D eigenvalue weighted by atomic mass is 33.1. The van der Waals surface area contributed by atoms with Crippen molar-refractivity contribution in [2.24, 2.45) is 0 Å². The molecule has 0 bridgehead atoms. The van der Waals surface area contributed by atoms with Crippen LogP contribution in [0.15, 0.2) is 0 Å². The molecular formula is C8H24S8. The first-order chi connectivity index (χ1) is 7.66. The fourth-order valence-corrected chi connectivity index (χ4v) is 0. The van der Waals surface area contributed by atoms with Crippen molar-refractivity contribution in [2.75, 3.05) is 50.0 Å². The van der Waals surface area contributed by atoms with Crippen molar-refractivity contribution in [2.45, 2.75) is 0 Å². The van der Waals surface area contributed by atoms with Crippen molar-refractivity contribution in [3.63, 3.8) is 0 Å². The summed E-state index contributed by atoms with van der Waals surface area (Å²) in [5.41, 5.74) is 0. The van der Waals surface area contributed by atoms with Gasteiger partial charge in [0.2, 0.25) is 0 Å². The molecule has 0 aromatic rings. The summed E-state index contributed by atoms with van der Waals surface area (Å²) in [6.45, 7) is 0. The number of hydrogen-bond acceptors (Lipinski definition) is 8. The summed E-state index contributed by atoms with van der Waals surface area (Å²) in [7, 11) is 14.2. The molecule has 0 fully saturated rings. The van der Waals surface area contributed by atoms with Gasteiger partial charge in [0.1, 0.15) is 0 Å². The second-order valence-corrected chi connectivity index (χ2v) is 12.0. The molecule has 0 nitrogen and oxygen atoms in total. The Labute approximate surface area is 135 Å². The van der Waals surface area contributed by atoms with E-state index < -0.39 is 0 Å². The van der Waals surface area contributed by atoms with Crippen molar-refractivity contribution in [1.29, 1.82) is 0 Å². The molecule has 104 valence electrons. The Morgan fingerprint density at radius 3 is 0.312 bits per heavy atom. The van der Waals surface area contributed by atoms with Crippen LogP contribution in [0.3, 0.4) is 0 Å². The van der Waals surface area contributed by atoms with Gasteiger partial charge in [0.05, 0.1) is 0 Å². The van der Waals surface area contributed by atoms with Gasteiger partial charge in [0.15, 0.2) is 0 Å². The van der Waals surface area contributed by atoms with Crippen LogP contribution in [-0.4, -0.2) is 50.0 Å². The molecule has 8 heteroatoms. The van der Waals surface area contributed by atoms with Crippen molar-refractivity contribution >= 4 is 86.4 Å². The Balaban J connectivity index is -0.0000000600. The molecule has 0 heterocycles. The standard InChI is InChI=1S/4C2H6S2/c4*1-3-4-2/h4*1-2H3. The minimum atomic E-state index is 1.77. The zero-order chi connectivity index (χ0) is 13.7. The first-order valence-corrected chi connectivity index (χ1v) is 15.8. The third kappa shape index (κ3) is 90.7. The third-order valence-corrected chi connectivity index (χ3v) is 6.00. The van der Waals surface area contributed by atoms with Gasteiger partial charge < -0.3 is 0 Å². The van der Waals surface area contributed by atoms with E-state index in [2.05, 4.69) is 50.0 Å². The average molecular weight is 377 g/mol. The van der Waals surface area contributed by atoms with Crippen molar-refractivity contribution in [3.8, 4) is 0 Å². The van der Waals surface area contributed by atoms with E-state index in [4.69, 9.17) is 0 Å². The molecule has 0 spiro atoms. The van der Waals surface area contributed by atoms with Crippen LogP contribution in [0.2, 0.25) is 0 Å². The highest BCUT2D eigenvalue weighted by Gasteiger charge is 1.56. The van der Waals surface area contributed by atoms with Gasteiger partial charge in [0.25, 0.3) is 0 Å². The quantitative estimate of drug-likeness (QED) is 0.503. The molecule has 0 aliphatic heterocycles. The molecule has 0 radical (unpaired) electrons. The van der Waals surface area contributed by atoms with Gasteiger partial charge in [-0.15, -0.1) is 0 Å². The van der Waals surface area contributed by atoms with Gasteiger partial charge in [-0.3, -0.25) is 0 Å². The molecule has 0 aromatic carbocycles. The smallest absolute Gasteiger partial charge is 0.00793 e. The van der Waals surface area contributed by atoms with E-state index >= 15 is 0 Å². The second kappa shape index (κ2) is 43.1. The largest absolute Gasteiger partial charge is 0.0979 e. The zero-order valence-electron chi connectivity index (χ0n) is 11.3. The van der Waals surface area contributed by atoms with E-state index in [0.29, 0.717) is 0 Å². The van der Waals surface area contributed by atoms with Crippen LogP contribution < -0.4 is 0 Å². The van der Waals surface area contributed by atoms with Crippen LogP contribution in [0.5, 0.6) is 0 Å². The minimum Gasteiger partial charge on any atom is -0.0979 e. The zero-order valence-corrected chi connectivity index (χ0v) is 17.8. The lowest BCUT2D eigenvalue weighted by Gasteiger charge is -1.69. The molecule has 0 aromatic heterocycles. The molecule has 0 saturated heterocycles. The molecule has 0 aliphatic rings. The van der Waals surface area contributed by atoms with E-state index in [1.807, 2.05) is 0 Å².